The summed E-state index contributed by atoms with van der Waals surface area (Å²) < 4.78 is 1.90. The molecule has 4 nitrogen and oxygen atoms in total. The van der Waals surface area contributed by atoms with Gasteiger partial charge in [-0.2, -0.15) is 0 Å². The monoisotopic (exact) mass is 358 g/mol. The van der Waals surface area contributed by atoms with Crippen LogP contribution >= 0.6 is 0 Å². The Morgan fingerprint density at radius 3 is 2.74 bits per heavy atom. The van der Waals surface area contributed by atoms with E-state index < -0.39 is 0 Å². The Hall–Kier alpha value is -2.88. The van der Waals surface area contributed by atoms with Crippen LogP contribution in [0.1, 0.15) is 27.7 Å². The van der Waals surface area contributed by atoms with Gasteiger partial charge in [-0.3, -0.25) is 0 Å². The van der Waals surface area contributed by atoms with Gasteiger partial charge in [0.25, 0.3) is 0 Å². The maximum absolute atomic E-state index is 4.39. The Morgan fingerprint density at radius 2 is 2.04 bits per heavy atom. The predicted molar refractivity (Wildman–Crippen MR) is 112 cm³/mol. The summed E-state index contributed by atoms with van der Waals surface area (Å²) in [5.74, 6) is 0.355. The van der Waals surface area contributed by atoms with Gasteiger partial charge in [0, 0.05) is 24.4 Å². The summed E-state index contributed by atoms with van der Waals surface area (Å²) in [5, 5.41) is 8.62. The summed E-state index contributed by atoms with van der Waals surface area (Å²) >= 11 is 0. The minimum Gasteiger partial charge on any atom is -0.344 e. The highest BCUT2D eigenvalue weighted by molar-refractivity contribution is 5.77. The van der Waals surface area contributed by atoms with Gasteiger partial charge in [0.2, 0.25) is 0 Å². The molecule has 0 N–H and O–H groups in total. The normalized spacial score (nSPS) is 23.6. The largest absolute Gasteiger partial charge is 0.344 e. The molecule has 1 aliphatic carbocycles. The van der Waals surface area contributed by atoms with Crippen molar-refractivity contribution in [3.63, 3.8) is 0 Å². The number of rotatable bonds is 3. The summed E-state index contributed by atoms with van der Waals surface area (Å²) in [6.45, 7) is 18.0. The van der Waals surface area contributed by atoms with Gasteiger partial charge < -0.3 is 4.90 Å². The van der Waals surface area contributed by atoms with Crippen LogP contribution in [0.5, 0.6) is 0 Å². The predicted octanol–water partition coefficient (Wildman–Crippen LogP) is 5.16. The fourth-order valence-corrected chi connectivity index (χ4v) is 4.35. The molecule has 1 aliphatic heterocycles. The Labute approximate surface area is 160 Å². The van der Waals surface area contributed by atoms with Crippen LogP contribution in [0.4, 0.5) is 0 Å². The maximum atomic E-state index is 4.39. The molecule has 138 valence electrons. The molecule has 0 saturated carbocycles. The quantitative estimate of drug-likeness (QED) is 0.710. The number of nitrogens with zero attached hydrogens (tertiary/aromatic N) is 4. The van der Waals surface area contributed by atoms with E-state index in [-0.39, 0.29) is 5.41 Å². The van der Waals surface area contributed by atoms with Crippen molar-refractivity contribution in [1.82, 2.24) is 19.9 Å². The molecule has 1 atom stereocenters. The Morgan fingerprint density at radius 1 is 1.30 bits per heavy atom. The van der Waals surface area contributed by atoms with Crippen molar-refractivity contribution < 1.29 is 0 Å². The van der Waals surface area contributed by atoms with Crippen molar-refractivity contribution in [3.8, 4) is 0 Å². The maximum Gasteiger partial charge on any atom is 0.113 e. The summed E-state index contributed by atoms with van der Waals surface area (Å²) in [6, 6.07) is 8.02. The number of piperidine rings is 1. The molecule has 0 spiro atoms. The second-order valence-corrected chi connectivity index (χ2v) is 7.89. The molecule has 0 radical (unpaired) electrons. The molecule has 27 heavy (non-hydrogen) atoms. The zero-order valence-corrected chi connectivity index (χ0v) is 16.5. The van der Waals surface area contributed by atoms with E-state index in [0.29, 0.717) is 5.92 Å². The summed E-state index contributed by atoms with van der Waals surface area (Å²) in [6.07, 6.45) is 6.36. The molecule has 1 aromatic carbocycles. The van der Waals surface area contributed by atoms with Crippen molar-refractivity contribution in [2.24, 2.45) is 11.3 Å². The topological polar surface area (TPSA) is 34.0 Å². The van der Waals surface area contributed by atoms with Crippen LogP contribution in [0.2, 0.25) is 0 Å². The van der Waals surface area contributed by atoms with Crippen LogP contribution in [0, 0.1) is 11.3 Å². The van der Waals surface area contributed by atoms with E-state index in [1.54, 1.807) is 0 Å². The molecular weight excluding hydrogens is 332 g/mol. The van der Waals surface area contributed by atoms with Crippen LogP contribution in [-0.2, 0) is 0 Å². The van der Waals surface area contributed by atoms with Crippen LogP contribution in [-0.4, -0.2) is 26.4 Å². The molecule has 4 rings (SSSR count). The van der Waals surface area contributed by atoms with E-state index in [0.717, 1.165) is 23.3 Å². The first kappa shape index (κ1) is 17.5. The van der Waals surface area contributed by atoms with E-state index in [9.17, 15) is 0 Å². The molecule has 2 aromatic rings. The molecule has 1 saturated heterocycles. The lowest BCUT2D eigenvalue weighted by Crippen LogP contribution is -2.48. The molecule has 1 aromatic heterocycles. The number of allylic oxidation sites excluding steroid dienone is 5. The number of benzene rings is 1. The number of fused-ring (bicyclic) bond motifs is 2. The molecule has 2 heterocycles. The molecule has 0 bridgehead atoms. The van der Waals surface area contributed by atoms with E-state index in [1.165, 1.54) is 22.4 Å². The number of likely N-dealkylation sites (tertiary alicyclic amines) is 1. The summed E-state index contributed by atoms with van der Waals surface area (Å²) in [5.41, 5.74) is 8.17. The average Bonchev–Trinajstić information content (AvgIpc) is 3.04. The Kier molecular flexibility index (Phi) is 3.95. The second kappa shape index (κ2) is 6.08. The first-order valence-electron chi connectivity index (χ1n) is 9.37. The highest BCUT2D eigenvalue weighted by atomic mass is 15.4. The third kappa shape index (κ3) is 2.43. The standard InChI is InChI=1S/C23H26N4/c1-7-17-18(8-2)22-21(17)23(5,6)15(3)13-26(22)14-16(4)27-20-12-10-9-11-19(20)24-25-27/h7-12,14,21H,2-3,13H2,1,4-6H3/b16-14+,17-7-. The lowest BCUT2D eigenvalue weighted by molar-refractivity contribution is 0.213. The van der Waals surface area contributed by atoms with Crippen molar-refractivity contribution >= 4 is 16.7 Å². The number of hydrogen-bond acceptors (Lipinski definition) is 3. The fraction of sp³-hybridized carbons (Fsp3) is 0.304. The SMILES string of the molecule is C=CC1=C2C(/C1=C\C)C(C)(C)C(=C)CN2/C=C(\C)n1nnc2ccccc21. The van der Waals surface area contributed by atoms with Crippen molar-refractivity contribution in [3.05, 3.63) is 78.2 Å². The minimum absolute atomic E-state index is 0.0435. The molecule has 1 unspecified atom stereocenters. The summed E-state index contributed by atoms with van der Waals surface area (Å²) in [4.78, 5) is 2.31. The third-order valence-electron chi connectivity index (χ3n) is 6.02. The van der Waals surface area contributed by atoms with Crippen LogP contribution < -0.4 is 0 Å². The van der Waals surface area contributed by atoms with Gasteiger partial charge in [0.1, 0.15) is 5.52 Å². The Balaban J connectivity index is 1.80. The minimum atomic E-state index is 0.0435. The number of hydrogen-bond donors (Lipinski definition) is 0. The zero-order valence-electron chi connectivity index (χ0n) is 16.5. The molecule has 4 heteroatoms. The highest BCUT2D eigenvalue weighted by Crippen LogP contribution is 2.57. The van der Waals surface area contributed by atoms with Crippen molar-refractivity contribution in [1.29, 1.82) is 0 Å². The van der Waals surface area contributed by atoms with Gasteiger partial charge in [-0.15, -0.1) is 5.10 Å². The van der Waals surface area contributed by atoms with Gasteiger partial charge in [0.05, 0.1) is 11.2 Å². The second-order valence-electron chi connectivity index (χ2n) is 7.89. The van der Waals surface area contributed by atoms with Crippen LogP contribution in [0.15, 0.2) is 78.2 Å². The molecule has 1 fully saturated rings. The van der Waals surface area contributed by atoms with Crippen molar-refractivity contribution in [2.75, 3.05) is 6.54 Å². The van der Waals surface area contributed by atoms with Gasteiger partial charge in [-0.05, 0) is 42.5 Å². The molecule has 2 aliphatic rings. The van der Waals surface area contributed by atoms with E-state index in [4.69, 9.17) is 0 Å². The highest BCUT2D eigenvalue weighted by Gasteiger charge is 2.50. The lowest BCUT2D eigenvalue weighted by atomic mass is 9.58. The first-order valence-corrected chi connectivity index (χ1v) is 9.37. The van der Waals surface area contributed by atoms with E-state index in [2.05, 4.69) is 68.3 Å². The van der Waals surface area contributed by atoms with Gasteiger partial charge in [0.15, 0.2) is 0 Å². The van der Waals surface area contributed by atoms with Crippen LogP contribution in [0.3, 0.4) is 0 Å². The zero-order chi connectivity index (χ0) is 19.3. The van der Waals surface area contributed by atoms with Gasteiger partial charge >= 0.3 is 0 Å². The summed E-state index contributed by atoms with van der Waals surface area (Å²) in [7, 11) is 0. The molecular formula is C23H26N4. The van der Waals surface area contributed by atoms with Crippen molar-refractivity contribution in [2.45, 2.75) is 27.7 Å². The average molecular weight is 358 g/mol. The van der Waals surface area contributed by atoms with Gasteiger partial charge in [-0.1, -0.05) is 62.1 Å². The smallest absolute Gasteiger partial charge is 0.113 e. The number of para-hydroxylation sites is 1. The van der Waals surface area contributed by atoms with Crippen LogP contribution in [0.25, 0.3) is 16.7 Å². The number of aromatic nitrogens is 3. The Bertz CT molecular complexity index is 1050. The lowest BCUT2D eigenvalue weighted by Gasteiger charge is -2.54. The van der Waals surface area contributed by atoms with E-state index in [1.807, 2.05) is 35.0 Å². The fourth-order valence-electron chi connectivity index (χ4n) is 4.35. The van der Waals surface area contributed by atoms with E-state index >= 15 is 0 Å². The molecule has 0 amide bonds. The first-order chi connectivity index (χ1) is 12.9. The third-order valence-corrected chi connectivity index (χ3v) is 6.02. The van der Waals surface area contributed by atoms with Gasteiger partial charge in [-0.25, -0.2) is 4.68 Å².